The van der Waals surface area contributed by atoms with Crippen molar-refractivity contribution >= 4 is 21.4 Å². The minimum absolute atomic E-state index is 0.416. The number of nitrogens with two attached hydrogens (primary N) is 1. The third-order valence-electron chi connectivity index (χ3n) is 2.49. The van der Waals surface area contributed by atoms with Gasteiger partial charge in [-0.3, -0.25) is 4.79 Å². The third kappa shape index (κ3) is 4.12. The van der Waals surface area contributed by atoms with Crippen LogP contribution in [0.2, 0.25) is 0 Å². The van der Waals surface area contributed by atoms with Crippen LogP contribution in [0.5, 0.6) is 0 Å². The van der Waals surface area contributed by atoms with Gasteiger partial charge in [-0.25, -0.2) is 8.42 Å². The fourth-order valence-corrected chi connectivity index (χ4v) is 2.22. The first-order valence-corrected chi connectivity index (χ1v) is 7.70. The molecule has 6 heteroatoms. The molecule has 0 heterocycles. The van der Waals surface area contributed by atoms with Crippen LogP contribution < -0.4 is 10.6 Å². The Morgan fingerprint density at radius 3 is 2.22 bits per heavy atom. The molecule has 0 saturated carbocycles. The Balaban J connectivity index is 2.91. The number of hydrogen-bond donors (Lipinski definition) is 1. The zero-order valence-electron chi connectivity index (χ0n) is 10.6. The van der Waals surface area contributed by atoms with E-state index in [4.69, 9.17) is 5.73 Å². The molecule has 1 aromatic carbocycles. The van der Waals surface area contributed by atoms with Gasteiger partial charge in [-0.2, -0.15) is 0 Å². The predicted molar refractivity (Wildman–Crippen MR) is 72.1 cm³/mol. The van der Waals surface area contributed by atoms with Crippen molar-refractivity contribution in [1.29, 1.82) is 0 Å². The quantitative estimate of drug-likeness (QED) is 0.847. The van der Waals surface area contributed by atoms with Crippen LogP contribution in [0.1, 0.15) is 12.5 Å². The molecule has 0 aliphatic heterocycles. The highest BCUT2D eigenvalue weighted by atomic mass is 32.2. The first-order valence-electron chi connectivity index (χ1n) is 5.64. The number of nitrogens with zero attached hydrogens (tertiary/aromatic N) is 1. The standard InChI is InChI=1S/C12H18N2O3S/c1-3-14(12(15)9-18(2,16)17)11-6-4-10(8-13)5-7-11/h4-7H,3,8-9,13H2,1-2H3. The number of sulfone groups is 1. The van der Waals surface area contributed by atoms with Gasteiger partial charge in [0.15, 0.2) is 9.84 Å². The minimum atomic E-state index is -3.31. The Hall–Kier alpha value is -1.40. The molecule has 0 atom stereocenters. The summed E-state index contributed by atoms with van der Waals surface area (Å²) in [5.41, 5.74) is 7.14. The topological polar surface area (TPSA) is 80.5 Å². The van der Waals surface area contributed by atoms with Crippen LogP contribution in [0.4, 0.5) is 5.69 Å². The summed E-state index contributed by atoms with van der Waals surface area (Å²) in [6.45, 7) is 2.66. The number of carbonyl (C=O) groups is 1. The van der Waals surface area contributed by atoms with E-state index in [2.05, 4.69) is 0 Å². The van der Waals surface area contributed by atoms with Crippen molar-refractivity contribution in [3.8, 4) is 0 Å². The maximum atomic E-state index is 11.9. The molecule has 0 aliphatic carbocycles. The molecule has 0 unspecified atom stereocenters. The summed E-state index contributed by atoms with van der Waals surface area (Å²) in [7, 11) is -3.31. The number of benzene rings is 1. The summed E-state index contributed by atoms with van der Waals surface area (Å²) < 4.78 is 22.3. The van der Waals surface area contributed by atoms with Gasteiger partial charge in [-0.15, -0.1) is 0 Å². The average molecular weight is 270 g/mol. The molecular weight excluding hydrogens is 252 g/mol. The molecule has 1 rings (SSSR count). The van der Waals surface area contributed by atoms with Crippen molar-refractivity contribution in [3.63, 3.8) is 0 Å². The van der Waals surface area contributed by atoms with Crippen molar-refractivity contribution in [3.05, 3.63) is 29.8 Å². The summed E-state index contributed by atoms with van der Waals surface area (Å²) in [4.78, 5) is 13.3. The second-order valence-electron chi connectivity index (χ2n) is 4.08. The molecular formula is C12H18N2O3S. The Labute approximate surface area is 108 Å². The molecule has 1 amide bonds. The van der Waals surface area contributed by atoms with Crippen LogP contribution in [-0.4, -0.2) is 32.9 Å². The number of hydrogen-bond acceptors (Lipinski definition) is 4. The number of anilines is 1. The van der Waals surface area contributed by atoms with Gasteiger partial charge >= 0.3 is 0 Å². The van der Waals surface area contributed by atoms with Gasteiger partial charge in [0.05, 0.1) is 0 Å². The van der Waals surface area contributed by atoms with Crippen molar-refractivity contribution in [1.82, 2.24) is 0 Å². The molecule has 5 nitrogen and oxygen atoms in total. The normalized spacial score (nSPS) is 11.3. The van der Waals surface area contributed by atoms with E-state index in [0.717, 1.165) is 11.8 Å². The first kappa shape index (κ1) is 14.7. The van der Waals surface area contributed by atoms with Crippen LogP contribution in [0, 0.1) is 0 Å². The summed E-state index contributed by atoms with van der Waals surface area (Å²) in [6.07, 6.45) is 1.05. The fraction of sp³-hybridized carbons (Fsp3) is 0.417. The highest BCUT2D eigenvalue weighted by molar-refractivity contribution is 7.91. The van der Waals surface area contributed by atoms with Gasteiger partial charge in [0, 0.05) is 25.0 Å². The zero-order chi connectivity index (χ0) is 13.8. The highest BCUT2D eigenvalue weighted by Crippen LogP contribution is 2.15. The van der Waals surface area contributed by atoms with Gasteiger partial charge < -0.3 is 10.6 Å². The van der Waals surface area contributed by atoms with E-state index in [1.807, 2.05) is 12.1 Å². The van der Waals surface area contributed by atoms with Gasteiger partial charge in [0.2, 0.25) is 5.91 Å². The average Bonchev–Trinajstić information content (AvgIpc) is 2.28. The Morgan fingerprint density at radius 2 is 1.83 bits per heavy atom. The van der Waals surface area contributed by atoms with Gasteiger partial charge in [0.1, 0.15) is 5.75 Å². The van der Waals surface area contributed by atoms with Gasteiger partial charge in [-0.1, -0.05) is 12.1 Å². The molecule has 0 fully saturated rings. The molecule has 1 aromatic rings. The van der Waals surface area contributed by atoms with E-state index >= 15 is 0 Å². The van der Waals surface area contributed by atoms with Crippen LogP contribution in [-0.2, 0) is 21.2 Å². The number of carbonyl (C=O) groups excluding carboxylic acids is 1. The summed E-state index contributed by atoms with van der Waals surface area (Å²) in [5.74, 6) is -0.889. The Morgan fingerprint density at radius 1 is 1.28 bits per heavy atom. The van der Waals surface area contributed by atoms with E-state index < -0.39 is 21.5 Å². The van der Waals surface area contributed by atoms with Gasteiger partial charge in [0.25, 0.3) is 0 Å². The summed E-state index contributed by atoms with van der Waals surface area (Å²) >= 11 is 0. The zero-order valence-corrected chi connectivity index (χ0v) is 11.4. The van der Waals surface area contributed by atoms with E-state index in [1.54, 1.807) is 19.1 Å². The van der Waals surface area contributed by atoms with Crippen LogP contribution in [0.15, 0.2) is 24.3 Å². The van der Waals surface area contributed by atoms with Crippen molar-refractivity contribution < 1.29 is 13.2 Å². The molecule has 0 spiro atoms. The number of rotatable bonds is 5. The fourth-order valence-electron chi connectivity index (χ4n) is 1.62. The summed E-state index contributed by atoms with van der Waals surface area (Å²) in [6, 6.07) is 7.19. The van der Waals surface area contributed by atoms with E-state index in [1.165, 1.54) is 4.90 Å². The predicted octanol–water partition coefficient (Wildman–Crippen LogP) is 0.543. The largest absolute Gasteiger partial charge is 0.326 e. The summed E-state index contributed by atoms with van der Waals surface area (Å²) in [5, 5.41) is 0. The lowest BCUT2D eigenvalue weighted by atomic mass is 10.2. The second-order valence-corrected chi connectivity index (χ2v) is 6.22. The molecule has 100 valence electrons. The lowest BCUT2D eigenvalue weighted by Gasteiger charge is -2.20. The van der Waals surface area contributed by atoms with Crippen molar-refractivity contribution in [2.45, 2.75) is 13.5 Å². The van der Waals surface area contributed by atoms with Gasteiger partial charge in [-0.05, 0) is 24.6 Å². The lowest BCUT2D eigenvalue weighted by Crippen LogP contribution is -2.35. The maximum Gasteiger partial charge on any atom is 0.242 e. The molecule has 0 aromatic heterocycles. The monoisotopic (exact) mass is 270 g/mol. The minimum Gasteiger partial charge on any atom is -0.326 e. The van der Waals surface area contributed by atoms with Crippen molar-refractivity contribution in [2.75, 3.05) is 23.5 Å². The van der Waals surface area contributed by atoms with E-state index in [-0.39, 0.29) is 0 Å². The van der Waals surface area contributed by atoms with Crippen LogP contribution in [0.3, 0.4) is 0 Å². The molecule has 18 heavy (non-hydrogen) atoms. The third-order valence-corrected chi connectivity index (χ3v) is 3.26. The SMILES string of the molecule is CCN(C(=O)CS(C)(=O)=O)c1ccc(CN)cc1. The lowest BCUT2D eigenvalue weighted by molar-refractivity contribution is -0.116. The first-order chi connectivity index (χ1) is 8.37. The number of amides is 1. The Bertz CT molecular complexity index is 509. The molecule has 0 aliphatic rings. The van der Waals surface area contributed by atoms with E-state index in [0.29, 0.717) is 18.8 Å². The van der Waals surface area contributed by atoms with Crippen LogP contribution >= 0.6 is 0 Å². The molecule has 2 N–H and O–H groups in total. The van der Waals surface area contributed by atoms with Crippen LogP contribution in [0.25, 0.3) is 0 Å². The molecule has 0 radical (unpaired) electrons. The Kier molecular flexibility index (Phi) is 4.86. The van der Waals surface area contributed by atoms with E-state index in [9.17, 15) is 13.2 Å². The highest BCUT2D eigenvalue weighted by Gasteiger charge is 2.18. The smallest absolute Gasteiger partial charge is 0.242 e. The molecule has 0 bridgehead atoms. The molecule has 0 saturated heterocycles. The second kappa shape index (κ2) is 5.97. The maximum absolute atomic E-state index is 11.9. The van der Waals surface area contributed by atoms with Crippen molar-refractivity contribution in [2.24, 2.45) is 5.73 Å².